The van der Waals surface area contributed by atoms with Crippen LogP contribution >= 0.6 is 24.0 Å². The van der Waals surface area contributed by atoms with E-state index in [1.54, 1.807) is 0 Å². The third-order valence-electron chi connectivity index (χ3n) is 3.99. The van der Waals surface area contributed by atoms with Gasteiger partial charge in [0.05, 0.1) is 13.2 Å². The van der Waals surface area contributed by atoms with Crippen molar-refractivity contribution in [3.8, 4) is 0 Å². The van der Waals surface area contributed by atoms with Crippen molar-refractivity contribution in [3.05, 3.63) is 35.9 Å². The number of nitrogens with zero attached hydrogens (tertiary/aromatic N) is 1. The van der Waals surface area contributed by atoms with Gasteiger partial charge in [0.1, 0.15) is 0 Å². The van der Waals surface area contributed by atoms with Crippen LogP contribution in [0, 0.1) is 0 Å². The normalized spacial score (nSPS) is 16.6. The van der Waals surface area contributed by atoms with Gasteiger partial charge in [-0.3, -0.25) is 4.99 Å². The van der Waals surface area contributed by atoms with Crippen molar-refractivity contribution in [3.63, 3.8) is 0 Å². The van der Waals surface area contributed by atoms with Crippen molar-refractivity contribution in [1.82, 2.24) is 10.6 Å². The Balaban J connectivity index is 0.00000220. The van der Waals surface area contributed by atoms with E-state index < -0.39 is 0 Å². The number of nitrogens with one attached hydrogen (secondary N) is 2. The van der Waals surface area contributed by atoms with Gasteiger partial charge >= 0.3 is 0 Å². The molecular formula is C16H26IN3O. The van der Waals surface area contributed by atoms with Crippen molar-refractivity contribution >= 4 is 29.9 Å². The molecule has 0 radical (unpaired) electrons. The second-order valence-corrected chi connectivity index (χ2v) is 5.35. The summed E-state index contributed by atoms with van der Waals surface area (Å²) < 4.78 is 0. The molecular weight excluding hydrogens is 377 g/mol. The van der Waals surface area contributed by atoms with Gasteiger partial charge in [0.2, 0.25) is 0 Å². The number of guanidine groups is 1. The Morgan fingerprint density at radius 1 is 1.24 bits per heavy atom. The fraction of sp³-hybridized carbons (Fsp3) is 0.562. The van der Waals surface area contributed by atoms with Gasteiger partial charge in [0.15, 0.2) is 5.96 Å². The number of halogens is 1. The molecule has 5 heteroatoms. The molecule has 1 fully saturated rings. The minimum absolute atomic E-state index is 0. The Labute approximate surface area is 144 Å². The molecule has 0 bridgehead atoms. The van der Waals surface area contributed by atoms with Crippen LogP contribution in [0.5, 0.6) is 0 Å². The number of aliphatic hydroxyl groups is 1. The molecule has 0 heterocycles. The smallest absolute Gasteiger partial charge is 0.191 e. The summed E-state index contributed by atoms with van der Waals surface area (Å²) in [6.45, 7) is 4.33. The molecule has 0 spiro atoms. The van der Waals surface area contributed by atoms with Gasteiger partial charge < -0.3 is 15.7 Å². The first-order valence-corrected chi connectivity index (χ1v) is 7.49. The lowest BCUT2D eigenvalue weighted by Crippen LogP contribution is -2.42. The van der Waals surface area contributed by atoms with Crippen LogP contribution in [0.3, 0.4) is 0 Å². The highest BCUT2D eigenvalue weighted by Crippen LogP contribution is 2.43. The largest absolute Gasteiger partial charge is 0.395 e. The van der Waals surface area contributed by atoms with Crippen molar-refractivity contribution in [2.75, 3.05) is 26.2 Å². The van der Waals surface area contributed by atoms with E-state index in [2.05, 4.69) is 41.0 Å². The number of rotatable bonds is 6. The van der Waals surface area contributed by atoms with Crippen molar-refractivity contribution in [2.45, 2.75) is 31.6 Å². The highest BCUT2D eigenvalue weighted by atomic mass is 127. The SMILES string of the molecule is CCNC(=NCC1(c2ccccc2)CCC1)NCCO.I. The molecule has 0 amide bonds. The zero-order valence-electron chi connectivity index (χ0n) is 12.6. The molecule has 1 aromatic rings. The summed E-state index contributed by atoms with van der Waals surface area (Å²) >= 11 is 0. The lowest BCUT2D eigenvalue weighted by atomic mass is 9.64. The fourth-order valence-electron chi connectivity index (χ4n) is 2.68. The molecule has 21 heavy (non-hydrogen) atoms. The average Bonchev–Trinajstić information content (AvgIpc) is 2.44. The Hall–Kier alpha value is -0.820. The van der Waals surface area contributed by atoms with Crippen LogP contribution in [0.2, 0.25) is 0 Å². The number of benzene rings is 1. The fourth-order valence-corrected chi connectivity index (χ4v) is 2.68. The summed E-state index contributed by atoms with van der Waals surface area (Å²) in [5.41, 5.74) is 1.61. The van der Waals surface area contributed by atoms with Gasteiger partial charge in [-0.25, -0.2) is 0 Å². The maximum Gasteiger partial charge on any atom is 0.191 e. The van der Waals surface area contributed by atoms with Crippen LogP contribution in [-0.2, 0) is 5.41 Å². The zero-order valence-corrected chi connectivity index (χ0v) is 15.0. The molecule has 4 nitrogen and oxygen atoms in total. The molecule has 0 aromatic heterocycles. The average molecular weight is 403 g/mol. The molecule has 1 aromatic carbocycles. The Morgan fingerprint density at radius 3 is 2.48 bits per heavy atom. The van der Waals surface area contributed by atoms with E-state index in [0.29, 0.717) is 6.54 Å². The summed E-state index contributed by atoms with van der Waals surface area (Å²) in [5, 5.41) is 15.3. The van der Waals surface area contributed by atoms with E-state index in [9.17, 15) is 0 Å². The minimum atomic E-state index is 0. The van der Waals surface area contributed by atoms with Gasteiger partial charge in [-0.2, -0.15) is 0 Å². The van der Waals surface area contributed by atoms with Gasteiger partial charge in [0, 0.05) is 18.5 Å². The summed E-state index contributed by atoms with van der Waals surface area (Å²) in [5.74, 6) is 0.795. The summed E-state index contributed by atoms with van der Waals surface area (Å²) in [4.78, 5) is 4.70. The molecule has 0 unspecified atom stereocenters. The summed E-state index contributed by atoms with van der Waals surface area (Å²) in [6, 6.07) is 10.7. The maximum absolute atomic E-state index is 8.90. The van der Waals surface area contributed by atoms with Crippen LogP contribution in [0.4, 0.5) is 0 Å². The van der Waals surface area contributed by atoms with Crippen LogP contribution in [0.25, 0.3) is 0 Å². The first-order valence-electron chi connectivity index (χ1n) is 7.49. The third kappa shape index (κ3) is 4.85. The first-order chi connectivity index (χ1) is 9.80. The van der Waals surface area contributed by atoms with E-state index in [4.69, 9.17) is 10.1 Å². The second-order valence-electron chi connectivity index (χ2n) is 5.35. The molecule has 0 aliphatic heterocycles. The third-order valence-corrected chi connectivity index (χ3v) is 3.99. The second kappa shape index (κ2) is 9.25. The highest BCUT2D eigenvalue weighted by molar-refractivity contribution is 14.0. The van der Waals surface area contributed by atoms with Crippen LogP contribution in [0.15, 0.2) is 35.3 Å². The zero-order chi connectivity index (χ0) is 14.3. The Bertz CT molecular complexity index is 432. The monoisotopic (exact) mass is 403 g/mol. The van der Waals surface area contributed by atoms with E-state index in [0.717, 1.165) is 19.0 Å². The highest BCUT2D eigenvalue weighted by Gasteiger charge is 2.38. The molecule has 0 atom stereocenters. The molecule has 1 aliphatic carbocycles. The van der Waals surface area contributed by atoms with Crippen LogP contribution in [-0.4, -0.2) is 37.3 Å². The topological polar surface area (TPSA) is 56.7 Å². The van der Waals surface area contributed by atoms with Gasteiger partial charge in [-0.05, 0) is 25.3 Å². The van der Waals surface area contributed by atoms with Gasteiger partial charge in [0.25, 0.3) is 0 Å². The number of hydrogen-bond acceptors (Lipinski definition) is 2. The molecule has 1 aliphatic rings. The lowest BCUT2D eigenvalue weighted by Gasteiger charge is -2.41. The summed E-state index contributed by atoms with van der Waals surface area (Å²) in [6.07, 6.45) is 3.70. The number of hydrogen-bond donors (Lipinski definition) is 3. The van der Waals surface area contributed by atoms with Crippen molar-refractivity contribution in [1.29, 1.82) is 0 Å². The van der Waals surface area contributed by atoms with Crippen LogP contribution < -0.4 is 10.6 Å². The van der Waals surface area contributed by atoms with E-state index >= 15 is 0 Å². The maximum atomic E-state index is 8.90. The van der Waals surface area contributed by atoms with Crippen molar-refractivity contribution in [2.24, 2.45) is 4.99 Å². The summed E-state index contributed by atoms with van der Waals surface area (Å²) in [7, 11) is 0. The Kier molecular flexibility index (Phi) is 8.03. The lowest BCUT2D eigenvalue weighted by molar-refractivity contribution is 0.253. The quantitative estimate of drug-likeness (QED) is 0.388. The predicted octanol–water partition coefficient (Wildman–Crippen LogP) is 2.27. The minimum Gasteiger partial charge on any atom is -0.395 e. The van der Waals surface area contributed by atoms with Crippen LogP contribution in [0.1, 0.15) is 31.7 Å². The van der Waals surface area contributed by atoms with Gasteiger partial charge in [-0.1, -0.05) is 36.8 Å². The van der Waals surface area contributed by atoms with E-state index in [1.165, 1.54) is 24.8 Å². The molecule has 3 N–H and O–H groups in total. The standard InChI is InChI=1S/C16H25N3O.HI/c1-2-17-15(18-11-12-20)19-13-16(9-6-10-16)14-7-4-3-5-8-14;/h3-5,7-8,20H,2,6,9-13H2,1H3,(H2,17,18,19);1H. The number of aliphatic hydroxyl groups excluding tert-OH is 1. The Morgan fingerprint density at radius 2 is 1.95 bits per heavy atom. The van der Waals surface area contributed by atoms with E-state index in [-0.39, 0.29) is 36.0 Å². The van der Waals surface area contributed by atoms with E-state index in [1.807, 2.05) is 6.92 Å². The molecule has 0 saturated heterocycles. The molecule has 2 rings (SSSR count). The predicted molar refractivity (Wildman–Crippen MR) is 98.5 cm³/mol. The number of aliphatic imine (C=N–C) groups is 1. The first kappa shape index (κ1) is 18.2. The molecule has 118 valence electrons. The molecule has 1 saturated carbocycles. The van der Waals surface area contributed by atoms with Crippen molar-refractivity contribution < 1.29 is 5.11 Å². The van der Waals surface area contributed by atoms with Gasteiger partial charge in [-0.15, -0.1) is 24.0 Å².